The Morgan fingerprint density at radius 1 is 1.26 bits per heavy atom. The Labute approximate surface area is 115 Å². The maximum Gasteiger partial charge on any atom is 0.296 e. The van der Waals surface area contributed by atoms with Gasteiger partial charge in [0.25, 0.3) is 14.2 Å². The molecule has 0 N–H and O–H groups in total. The van der Waals surface area contributed by atoms with Gasteiger partial charge in [-0.3, -0.25) is 9.55 Å². The molecule has 8 heteroatoms. The van der Waals surface area contributed by atoms with Gasteiger partial charge in [-0.2, -0.15) is 0 Å². The molecule has 0 saturated carbocycles. The van der Waals surface area contributed by atoms with Crippen molar-refractivity contribution < 1.29 is 8.42 Å². The van der Waals surface area contributed by atoms with Crippen LogP contribution in [0.2, 0.25) is 0 Å². The second-order valence-electron chi connectivity index (χ2n) is 4.48. The van der Waals surface area contributed by atoms with E-state index < -0.39 is 9.05 Å². The van der Waals surface area contributed by atoms with E-state index in [1.54, 1.807) is 24.5 Å². The molecule has 0 radical (unpaired) electrons. The molecule has 0 bridgehead atoms. The molecule has 0 spiro atoms. The maximum atomic E-state index is 11.5. The highest BCUT2D eigenvalue weighted by Gasteiger charge is 2.23. The SMILES string of the molecule is CC(C)Cn1c(-c2ccncc2)nnc1S(=O)(=O)Cl. The molecule has 0 fully saturated rings. The van der Waals surface area contributed by atoms with Crippen LogP contribution in [0.15, 0.2) is 29.7 Å². The summed E-state index contributed by atoms with van der Waals surface area (Å²) in [5.41, 5.74) is 0.745. The minimum atomic E-state index is -3.92. The van der Waals surface area contributed by atoms with Crippen LogP contribution in [0.5, 0.6) is 0 Å². The van der Waals surface area contributed by atoms with Crippen LogP contribution < -0.4 is 0 Å². The lowest BCUT2D eigenvalue weighted by Crippen LogP contribution is -2.11. The van der Waals surface area contributed by atoms with Gasteiger partial charge in [0.1, 0.15) is 0 Å². The molecule has 2 aromatic rings. The van der Waals surface area contributed by atoms with Crippen LogP contribution in [0.1, 0.15) is 13.8 Å². The first-order chi connectivity index (χ1) is 8.89. The zero-order valence-corrected chi connectivity index (χ0v) is 12.1. The lowest BCUT2D eigenvalue weighted by molar-refractivity contribution is 0.488. The van der Waals surface area contributed by atoms with E-state index in [1.807, 2.05) is 13.8 Å². The third kappa shape index (κ3) is 3.10. The lowest BCUT2D eigenvalue weighted by atomic mass is 10.2. The molecule has 0 saturated heterocycles. The molecule has 0 unspecified atom stereocenters. The fraction of sp³-hybridized carbons (Fsp3) is 0.364. The summed E-state index contributed by atoms with van der Waals surface area (Å²) in [6, 6.07) is 3.48. The highest BCUT2D eigenvalue weighted by molar-refractivity contribution is 8.13. The van der Waals surface area contributed by atoms with Crippen molar-refractivity contribution >= 4 is 19.7 Å². The van der Waals surface area contributed by atoms with Gasteiger partial charge in [-0.25, -0.2) is 8.42 Å². The van der Waals surface area contributed by atoms with E-state index in [1.165, 1.54) is 4.57 Å². The molecular formula is C11H13ClN4O2S. The van der Waals surface area contributed by atoms with Crippen molar-refractivity contribution in [3.8, 4) is 11.4 Å². The third-order valence-corrected chi connectivity index (χ3v) is 3.57. The van der Waals surface area contributed by atoms with E-state index in [4.69, 9.17) is 10.7 Å². The first-order valence-electron chi connectivity index (χ1n) is 5.68. The van der Waals surface area contributed by atoms with Crippen molar-refractivity contribution in [2.24, 2.45) is 5.92 Å². The highest BCUT2D eigenvalue weighted by atomic mass is 35.7. The van der Waals surface area contributed by atoms with Crippen molar-refractivity contribution in [2.45, 2.75) is 25.5 Å². The summed E-state index contributed by atoms with van der Waals surface area (Å²) in [6.45, 7) is 4.41. The Kier molecular flexibility index (Phi) is 3.86. The van der Waals surface area contributed by atoms with Gasteiger partial charge in [0.15, 0.2) is 5.82 Å². The third-order valence-electron chi connectivity index (χ3n) is 2.42. The zero-order chi connectivity index (χ0) is 14.0. The number of nitrogens with zero attached hydrogens (tertiary/aromatic N) is 4. The topological polar surface area (TPSA) is 77.7 Å². The van der Waals surface area contributed by atoms with Crippen molar-refractivity contribution in [1.82, 2.24) is 19.7 Å². The monoisotopic (exact) mass is 300 g/mol. The van der Waals surface area contributed by atoms with Gasteiger partial charge < -0.3 is 0 Å². The predicted octanol–water partition coefficient (Wildman–Crippen LogP) is 1.92. The van der Waals surface area contributed by atoms with Crippen molar-refractivity contribution in [1.29, 1.82) is 0 Å². The minimum absolute atomic E-state index is 0.227. The second kappa shape index (κ2) is 5.26. The lowest BCUT2D eigenvalue weighted by Gasteiger charge is -2.11. The number of halogens is 1. The summed E-state index contributed by atoms with van der Waals surface area (Å²) < 4.78 is 24.5. The maximum absolute atomic E-state index is 11.5. The fourth-order valence-corrected chi connectivity index (χ4v) is 2.62. The van der Waals surface area contributed by atoms with Crippen molar-refractivity contribution in [2.75, 3.05) is 0 Å². The van der Waals surface area contributed by atoms with Crippen LogP contribution in [0.3, 0.4) is 0 Å². The van der Waals surface area contributed by atoms with Gasteiger partial charge in [-0.05, 0) is 18.1 Å². The molecule has 0 amide bonds. The molecule has 0 aliphatic heterocycles. The van der Waals surface area contributed by atoms with Crippen LogP contribution in [-0.2, 0) is 15.6 Å². The number of aromatic nitrogens is 4. The average molecular weight is 301 g/mol. The Hall–Kier alpha value is -1.47. The van der Waals surface area contributed by atoms with E-state index in [-0.39, 0.29) is 11.1 Å². The summed E-state index contributed by atoms with van der Waals surface area (Å²) in [7, 11) is 1.46. The van der Waals surface area contributed by atoms with Gasteiger partial charge in [-0.1, -0.05) is 13.8 Å². The smallest absolute Gasteiger partial charge is 0.296 e. The van der Waals surface area contributed by atoms with Gasteiger partial charge in [0.05, 0.1) is 0 Å². The first kappa shape index (κ1) is 14.0. The molecule has 2 aromatic heterocycles. The van der Waals surface area contributed by atoms with E-state index in [9.17, 15) is 8.42 Å². The van der Waals surface area contributed by atoms with Gasteiger partial charge in [-0.15, -0.1) is 10.2 Å². The first-order valence-corrected chi connectivity index (χ1v) is 7.99. The highest BCUT2D eigenvalue weighted by Crippen LogP contribution is 2.23. The second-order valence-corrected chi connectivity index (χ2v) is 6.94. The molecule has 19 heavy (non-hydrogen) atoms. The summed E-state index contributed by atoms with van der Waals surface area (Å²) in [5.74, 6) is 0.698. The Balaban J connectivity index is 2.60. The molecular weight excluding hydrogens is 288 g/mol. The van der Waals surface area contributed by atoms with Gasteiger partial charge in [0, 0.05) is 35.2 Å². The summed E-state index contributed by atoms with van der Waals surface area (Å²) >= 11 is 0. The normalized spacial score (nSPS) is 12.0. The molecule has 0 atom stereocenters. The van der Waals surface area contributed by atoms with E-state index in [0.717, 1.165) is 5.56 Å². The standard InChI is InChI=1S/C11H13ClN4O2S/c1-8(2)7-16-10(9-3-5-13-6-4-9)14-15-11(16)19(12,17)18/h3-6,8H,7H2,1-2H3. The Morgan fingerprint density at radius 2 is 1.89 bits per heavy atom. The molecule has 102 valence electrons. The number of hydrogen-bond donors (Lipinski definition) is 0. The van der Waals surface area contributed by atoms with Crippen LogP contribution in [0, 0.1) is 5.92 Å². The molecule has 0 aromatic carbocycles. The predicted molar refractivity (Wildman–Crippen MR) is 71.1 cm³/mol. The molecule has 2 rings (SSSR count). The number of pyridine rings is 1. The Bertz CT molecular complexity index is 667. The van der Waals surface area contributed by atoms with Crippen LogP contribution >= 0.6 is 10.7 Å². The fourth-order valence-electron chi connectivity index (χ4n) is 1.71. The summed E-state index contributed by atoms with van der Waals surface area (Å²) in [6.07, 6.45) is 3.22. The number of hydrogen-bond acceptors (Lipinski definition) is 5. The molecule has 2 heterocycles. The minimum Gasteiger partial charge on any atom is -0.297 e. The van der Waals surface area contributed by atoms with Crippen molar-refractivity contribution in [3.63, 3.8) is 0 Å². The quantitative estimate of drug-likeness (QED) is 0.806. The zero-order valence-electron chi connectivity index (χ0n) is 10.5. The molecule has 6 nitrogen and oxygen atoms in total. The van der Waals surface area contributed by atoms with E-state index in [2.05, 4.69) is 15.2 Å². The van der Waals surface area contributed by atoms with E-state index >= 15 is 0 Å². The Morgan fingerprint density at radius 3 is 2.42 bits per heavy atom. The molecule has 0 aliphatic rings. The largest absolute Gasteiger partial charge is 0.297 e. The molecule has 0 aliphatic carbocycles. The van der Waals surface area contributed by atoms with Gasteiger partial charge >= 0.3 is 0 Å². The van der Waals surface area contributed by atoms with Gasteiger partial charge in [0.2, 0.25) is 0 Å². The van der Waals surface area contributed by atoms with E-state index in [0.29, 0.717) is 12.4 Å². The average Bonchev–Trinajstić information content (AvgIpc) is 2.72. The summed E-state index contributed by atoms with van der Waals surface area (Å²) in [4.78, 5) is 3.92. The van der Waals surface area contributed by atoms with Crippen LogP contribution in [0.4, 0.5) is 0 Å². The summed E-state index contributed by atoms with van der Waals surface area (Å²) in [5, 5.41) is 7.39. The van der Waals surface area contributed by atoms with Crippen LogP contribution in [0.25, 0.3) is 11.4 Å². The van der Waals surface area contributed by atoms with Crippen LogP contribution in [-0.4, -0.2) is 28.2 Å². The number of rotatable bonds is 4. The van der Waals surface area contributed by atoms with Crippen molar-refractivity contribution in [3.05, 3.63) is 24.5 Å².